The lowest BCUT2D eigenvalue weighted by molar-refractivity contribution is 0.0691. The van der Waals surface area contributed by atoms with Gasteiger partial charge in [0.25, 0.3) is 0 Å². The molecule has 1 aliphatic rings. The Balaban J connectivity index is 1.58. The van der Waals surface area contributed by atoms with E-state index in [0.717, 1.165) is 37.1 Å². The number of nitrogens with one attached hydrogen (secondary N) is 1. The molecule has 0 bridgehead atoms. The third-order valence-electron chi connectivity index (χ3n) is 5.58. The van der Waals surface area contributed by atoms with Crippen LogP contribution in [0.4, 0.5) is 5.95 Å². The quantitative estimate of drug-likeness (QED) is 0.470. The van der Waals surface area contributed by atoms with Crippen LogP contribution in [-0.2, 0) is 6.61 Å². The minimum atomic E-state index is -1.10. The van der Waals surface area contributed by atoms with Crippen molar-refractivity contribution in [2.45, 2.75) is 6.61 Å². The molecule has 0 saturated carbocycles. The van der Waals surface area contributed by atoms with Gasteiger partial charge in [0.1, 0.15) is 23.6 Å². The van der Waals surface area contributed by atoms with E-state index in [1.165, 1.54) is 0 Å². The van der Waals surface area contributed by atoms with Gasteiger partial charge in [0.05, 0.1) is 5.69 Å². The van der Waals surface area contributed by atoms with Crippen molar-refractivity contribution in [1.29, 1.82) is 0 Å². The third kappa shape index (κ3) is 4.47. The van der Waals surface area contributed by atoms with Crippen LogP contribution in [0, 0.1) is 0 Å². The Morgan fingerprint density at radius 2 is 1.85 bits per heavy atom. The van der Waals surface area contributed by atoms with E-state index >= 15 is 0 Å². The second-order valence-electron chi connectivity index (χ2n) is 7.77. The molecule has 0 unspecified atom stereocenters. The Kier molecular flexibility index (Phi) is 5.82. The molecular formula is C25H23N5O3. The average Bonchev–Trinajstić information content (AvgIpc) is 2.88. The predicted molar refractivity (Wildman–Crippen MR) is 126 cm³/mol. The van der Waals surface area contributed by atoms with E-state index in [-0.39, 0.29) is 5.69 Å². The van der Waals surface area contributed by atoms with Crippen molar-refractivity contribution in [3.05, 3.63) is 78.1 Å². The lowest BCUT2D eigenvalue weighted by Gasteiger charge is -2.27. The summed E-state index contributed by atoms with van der Waals surface area (Å²) in [6.07, 6.45) is 1.71. The maximum Gasteiger partial charge on any atom is 0.354 e. The van der Waals surface area contributed by atoms with E-state index in [9.17, 15) is 9.90 Å². The van der Waals surface area contributed by atoms with Gasteiger partial charge in [0.2, 0.25) is 5.95 Å². The topological polar surface area (TPSA) is 100 Å². The first-order chi connectivity index (χ1) is 16.2. The molecule has 5 rings (SSSR count). The largest absolute Gasteiger partial charge is 0.487 e. The number of para-hydroxylation sites is 1. The Morgan fingerprint density at radius 1 is 1.03 bits per heavy atom. The normalized spacial score (nSPS) is 13.8. The SMILES string of the molecule is O=C(O)c1cc(-c2ccnc(N3CCNCC3)n2)c2cccc(OCc3ccccc3)c2n1. The highest BCUT2D eigenvalue weighted by atomic mass is 16.5. The number of carbonyl (C=O) groups is 1. The Hall–Kier alpha value is -4.04. The summed E-state index contributed by atoms with van der Waals surface area (Å²) in [5, 5.41) is 13.8. The van der Waals surface area contributed by atoms with Crippen molar-refractivity contribution in [3.63, 3.8) is 0 Å². The number of hydrogen-bond donors (Lipinski definition) is 2. The fourth-order valence-corrected chi connectivity index (χ4v) is 3.91. The Labute approximate surface area is 190 Å². The predicted octanol–water partition coefficient (Wildman–Crippen LogP) is 3.38. The summed E-state index contributed by atoms with van der Waals surface area (Å²) in [6.45, 7) is 3.74. The molecule has 8 nitrogen and oxygen atoms in total. The standard InChI is InChI=1S/C25H23N5O3/c31-24(32)21-15-19(20-9-10-27-25(29-20)30-13-11-26-12-14-30)18-7-4-8-22(23(18)28-21)33-16-17-5-2-1-3-6-17/h1-10,15,26H,11-14,16H2,(H,31,32). The van der Waals surface area contributed by atoms with Gasteiger partial charge in [0.15, 0.2) is 0 Å². The van der Waals surface area contributed by atoms with Crippen LogP contribution in [0.25, 0.3) is 22.2 Å². The molecule has 4 aromatic rings. The first kappa shape index (κ1) is 20.8. The van der Waals surface area contributed by atoms with E-state index in [0.29, 0.717) is 35.1 Å². The summed E-state index contributed by atoms with van der Waals surface area (Å²) < 4.78 is 6.05. The zero-order valence-corrected chi connectivity index (χ0v) is 17.9. The fraction of sp³-hybridized carbons (Fsp3) is 0.200. The van der Waals surface area contributed by atoms with Crippen molar-refractivity contribution in [3.8, 4) is 17.0 Å². The number of hydrogen-bond acceptors (Lipinski definition) is 7. The molecule has 0 aliphatic carbocycles. The van der Waals surface area contributed by atoms with E-state index < -0.39 is 5.97 Å². The first-order valence-corrected chi connectivity index (χ1v) is 10.8. The van der Waals surface area contributed by atoms with Crippen LogP contribution in [0.1, 0.15) is 16.1 Å². The zero-order valence-electron chi connectivity index (χ0n) is 17.9. The number of carboxylic acids is 1. The highest BCUT2D eigenvalue weighted by Gasteiger charge is 2.18. The smallest absolute Gasteiger partial charge is 0.354 e. The lowest BCUT2D eigenvalue weighted by Crippen LogP contribution is -2.44. The van der Waals surface area contributed by atoms with Crippen LogP contribution in [0.5, 0.6) is 5.75 Å². The summed E-state index contributed by atoms with van der Waals surface area (Å²) >= 11 is 0. The van der Waals surface area contributed by atoms with Crippen LogP contribution >= 0.6 is 0 Å². The molecule has 2 N–H and O–H groups in total. The number of pyridine rings is 1. The molecule has 1 aliphatic heterocycles. The molecule has 2 aromatic heterocycles. The molecule has 0 spiro atoms. The van der Waals surface area contributed by atoms with Gasteiger partial charge in [-0.05, 0) is 23.8 Å². The molecular weight excluding hydrogens is 418 g/mol. The Morgan fingerprint density at radius 3 is 2.64 bits per heavy atom. The van der Waals surface area contributed by atoms with E-state index in [1.807, 2.05) is 42.5 Å². The maximum absolute atomic E-state index is 11.9. The number of aromatic nitrogens is 3. The van der Waals surface area contributed by atoms with Crippen molar-refractivity contribution in [2.24, 2.45) is 0 Å². The van der Waals surface area contributed by atoms with Gasteiger partial charge < -0.3 is 20.1 Å². The van der Waals surface area contributed by atoms with Gasteiger partial charge in [-0.15, -0.1) is 0 Å². The van der Waals surface area contributed by atoms with Crippen molar-refractivity contribution in [2.75, 3.05) is 31.1 Å². The molecule has 1 fully saturated rings. The summed E-state index contributed by atoms with van der Waals surface area (Å²) in [6, 6.07) is 18.8. The van der Waals surface area contributed by atoms with Crippen LogP contribution in [0.2, 0.25) is 0 Å². The van der Waals surface area contributed by atoms with Gasteiger partial charge in [0, 0.05) is 43.3 Å². The average molecular weight is 441 g/mol. The zero-order chi connectivity index (χ0) is 22.6. The second-order valence-corrected chi connectivity index (χ2v) is 7.77. The number of piperazine rings is 1. The van der Waals surface area contributed by atoms with Gasteiger partial charge in [-0.1, -0.05) is 42.5 Å². The number of anilines is 1. The molecule has 8 heteroatoms. The molecule has 3 heterocycles. The van der Waals surface area contributed by atoms with E-state index in [2.05, 4.69) is 20.2 Å². The van der Waals surface area contributed by atoms with Crippen molar-refractivity contribution in [1.82, 2.24) is 20.3 Å². The lowest BCUT2D eigenvalue weighted by atomic mass is 10.0. The third-order valence-corrected chi connectivity index (χ3v) is 5.58. The summed E-state index contributed by atoms with van der Waals surface area (Å²) in [5.41, 5.74) is 2.77. The Bertz CT molecular complexity index is 1290. The minimum absolute atomic E-state index is 0.0596. The van der Waals surface area contributed by atoms with Gasteiger partial charge >= 0.3 is 5.97 Å². The number of nitrogens with zero attached hydrogens (tertiary/aromatic N) is 4. The van der Waals surface area contributed by atoms with Crippen molar-refractivity contribution >= 4 is 22.8 Å². The molecule has 0 amide bonds. The van der Waals surface area contributed by atoms with Gasteiger partial charge in [-0.25, -0.2) is 19.7 Å². The molecule has 1 saturated heterocycles. The molecule has 0 radical (unpaired) electrons. The van der Waals surface area contributed by atoms with Crippen LogP contribution in [-0.4, -0.2) is 52.2 Å². The number of ether oxygens (including phenoxy) is 1. The van der Waals surface area contributed by atoms with Crippen LogP contribution in [0.3, 0.4) is 0 Å². The van der Waals surface area contributed by atoms with Crippen LogP contribution in [0.15, 0.2) is 66.9 Å². The van der Waals surface area contributed by atoms with Crippen molar-refractivity contribution < 1.29 is 14.6 Å². The summed E-state index contributed by atoms with van der Waals surface area (Å²) in [4.78, 5) is 27.6. The number of fused-ring (bicyclic) bond motifs is 1. The second kappa shape index (κ2) is 9.22. The molecule has 33 heavy (non-hydrogen) atoms. The highest BCUT2D eigenvalue weighted by molar-refractivity contribution is 6.00. The summed E-state index contributed by atoms with van der Waals surface area (Å²) in [7, 11) is 0. The molecule has 166 valence electrons. The van der Waals surface area contributed by atoms with Gasteiger partial charge in [-0.3, -0.25) is 0 Å². The monoisotopic (exact) mass is 441 g/mol. The summed E-state index contributed by atoms with van der Waals surface area (Å²) in [5.74, 6) is 0.0526. The molecule has 0 atom stereocenters. The first-order valence-electron chi connectivity index (χ1n) is 10.8. The number of rotatable bonds is 6. The molecule has 2 aromatic carbocycles. The number of aromatic carboxylic acids is 1. The maximum atomic E-state index is 11.9. The minimum Gasteiger partial charge on any atom is -0.487 e. The fourth-order valence-electron chi connectivity index (χ4n) is 3.91. The van der Waals surface area contributed by atoms with Gasteiger partial charge in [-0.2, -0.15) is 0 Å². The number of benzene rings is 2. The van der Waals surface area contributed by atoms with E-state index in [1.54, 1.807) is 24.4 Å². The van der Waals surface area contributed by atoms with E-state index in [4.69, 9.17) is 9.72 Å². The number of carboxylic acid groups (broad SMARTS) is 1. The van der Waals surface area contributed by atoms with Crippen LogP contribution < -0.4 is 15.0 Å². The highest BCUT2D eigenvalue weighted by Crippen LogP contribution is 2.33.